The van der Waals surface area contributed by atoms with Crippen molar-refractivity contribution in [3.8, 4) is 5.75 Å². The highest BCUT2D eigenvalue weighted by molar-refractivity contribution is 7.92. The first-order chi connectivity index (χ1) is 7.71. The molecule has 94 valence electrons. The van der Waals surface area contributed by atoms with E-state index in [1.54, 1.807) is 0 Å². The SMILES string of the molecule is CC(C(=O)Nc1ccc(O)c(Cl)c1)S(C)(=O)=O. The van der Waals surface area contributed by atoms with Crippen LogP contribution in [0.5, 0.6) is 5.75 Å². The number of halogens is 1. The molecule has 0 spiro atoms. The van der Waals surface area contributed by atoms with Crippen LogP contribution < -0.4 is 5.32 Å². The summed E-state index contributed by atoms with van der Waals surface area (Å²) in [6.45, 7) is 1.30. The van der Waals surface area contributed by atoms with Crippen LogP contribution in [0.3, 0.4) is 0 Å². The first-order valence-corrected chi connectivity index (χ1v) is 7.03. The van der Waals surface area contributed by atoms with Crippen LogP contribution >= 0.6 is 11.6 Å². The molecule has 1 unspecified atom stereocenters. The summed E-state index contributed by atoms with van der Waals surface area (Å²) in [7, 11) is -3.43. The molecule has 0 radical (unpaired) electrons. The summed E-state index contributed by atoms with van der Waals surface area (Å²) >= 11 is 5.65. The molecule has 5 nitrogen and oxygen atoms in total. The molecule has 0 saturated carbocycles. The van der Waals surface area contributed by atoms with Crippen molar-refractivity contribution in [3.05, 3.63) is 23.2 Å². The molecular formula is C10H12ClNO4S. The van der Waals surface area contributed by atoms with E-state index in [2.05, 4.69) is 5.32 Å². The summed E-state index contributed by atoms with van der Waals surface area (Å²) in [5.74, 6) is -0.755. The number of hydrogen-bond donors (Lipinski definition) is 2. The van der Waals surface area contributed by atoms with E-state index in [4.69, 9.17) is 11.6 Å². The molecule has 0 aromatic heterocycles. The highest BCUT2D eigenvalue weighted by Gasteiger charge is 2.23. The van der Waals surface area contributed by atoms with Crippen LogP contribution in [-0.4, -0.2) is 30.9 Å². The second-order valence-corrected chi connectivity index (χ2v) is 6.40. The number of sulfone groups is 1. The van der Waals surface area contributed by atoms with Gasteiger partial charge in [0, 0.05) is 11.9 Å². The van der Waals surface area contributed by atoms with Crippen molar-refractivity contribution < 1.29 is 18.3 Å². The average Bonchev–Trinajstić information content (AvgIpc) is 2.21. The minimum absolute atomic E-state index is 0.0785. The van der Waals surface area contributed by atoms with Crippen LogP contribution in [0, 0.1) is 0 Å². The largest absolute Gasteiger partial charge is 0.506 e. The van der Waals surface area contributed by atoms with Gasteiger partial charge in [0.2, 0.25) is 5.91 Å². The van der Waals surface area contributed by atoms with Gasteiger partial charge in [0.25, 0.3) is 0 Å². The number of amides is 1. The molecule has 1 amide bonds. The molecule has 17 heavy (non-hydrogen) atoms. The zero-order valence-corrected chi connectivity index (χ0v) is 10.8. The van der Waals surface area contributed by atoms with Crippen LogP contribution in [0.4, 0.5) is 5.69 Å². The smallest absolute Gasteiger partial charge is 0.242 e. The molecule has 7 heteroatoms. The topological polar surface area (TPSA) is 83.5 Å². The van der Waals surface area contributed by atoms with E-state index in [1.165, 1.54) is 25.1 Å². The molecule has 0 bridgehead atoms. The number of carbonyl (C=O) groups excluding carboxylic acids is 1. The van der Waals surface area contributed by atoms with Gasteiger partial charge in [0.15, 0.2) is 9.84 Å². The Kier molecular flexibility index (Phi) is 4.00. The number of carbonyl (C=O) groups is 1. The maximum atomic E-state index is 11.6. The van der Waals surface area contributed by atoms with E-state index in [0.29, 0.717) is 5.69 Å². The van der Waals surface area contributed by atoms with Crippen molar-refractivity contribution >= 4 is 33.0 Å². The lowest BCUT2D eigenvalue weighted by Crippen LogP contribution is -2.31. The number of nitrogens with one attached hydrogen (secondary N) is 1. The Morgan fingerprint density at radius 2 is 2.06 bits per heavy atom. The van der Waals surface area contributed by atoms with E-state index in [0.717, 1.165) is 6.26 Å². The van der Waals surface area contributed by atoms with Gasteiger partial charge in [-0.25, -0.2) is 8.42 Å². The Bertz CT molecular complexity index is 541. The number of hydrogen-bond acceptors (Lipinski definition) is 4. The summed E-state index contributed by atoms with van der Waals surface area (Å²) in [5, 5.41) is 10.5. The van der Waals surface area contributed by atoms with E-state index >= 15 is 0 Å². The number of rotatable bonds is 3. The van der Waals surface area contributed by atoms with E-state index in [-0.39, 0.29) is 10.8 Å². The Morgan fingerprint density at radius 1 is 1.47 bits per heavy atom. The lowest BCUT2D eigenvalue weighted by Gasteiger charge is -2.10. The van der Waals surface area contributed by atoms with Crippen molar-refractivity contribution in [1.29, 1.82) is 0 Å². The van der Waals surface area contributed by atoms with Crippen LogP contribution in [0.25, 0.3) is 0 Å². The van der Waals surface area contributed by atoms with Crippen molar-refractivity contribution in [1.82, 2.24) is 0 Å². The fourth-order valence-electron chi connectivity index (χ4n) is 1.02. The maximum absolute atomic E-state index is 11.6. The van der Waals surface area contributed by atoms with Crippen molar-refractivity contribution in [2.75, 3.05) is 11.6 Å². The third kappa shape index (κ3) is 3.61. The molecule has 0 aliphatic heterocycles. The standard InChI is InChI=1S/C10H12ClNO4S/c1-6(17(2,15)16)10(14)12-7-3-4-9(13)8(11)5-7/h3-6,13H,1-2H3,(H,12,14). The maximum Gasteiger partial charge on any atom is 0.242 e. The zero-order valence-electron chi connectivity index (χ0n) is 9.27. The minimum Gasteiger partial charge on any atom is -0.506 e. The van der Waals surface area contributed by atoms with Gasteiger partial charge >= 0.3 is 0 Å². The Morgan fingerprint density at radius 3 is 2.53 bits per heavy atom. The van der Waals surface area contributed by atoms with Gasteiger partial charge in [-0.3, -0.25) is 4.79 Å². The van der Waals surface area contributed by atoms with E-state index < -0.39 is 21.0 Å². The minimum atomic E-state index is -3.43. The van der Waals surface area contributed by atoms with Crippen LogP contribution in [0.1, 0.15) is 6.92 Å². The van der Waals surface area contributed by atoms with Crippen LogP contribution in [0.2, 0.25) is 5.02 Å². The van der Waals surface area contributed by atoms with E-state index in [1.807, 2.05) is 0 Å². The summed E-state index contributed by atoms with van der Waals surface area (Å²) in [6.07, 6.45) is 0.987. The number of benzene rings is 1. The fourth-order valence-corrected chi connectivity index (χ4v) is 1.65. The normalized spacial score (nSPS) is 13.1. The third-order valence-corrected chi connectivity index (χ3v) is 4.03. The molecular weight excluding hydrogens is 266 g/mol. The first kappa shape index (κ1) is 13.8. The number of phenols is 1. The molecule has 0 saturated heterocycles. The van der Waals surface area contributed by atoms with Crippen molar-refractivity contribution in [2.45, 2.75) is 12.2 Å². The quantitative estimate of drug-likeness (QED) is 0.819. The van der Waals surface area contributed by atoms with Gasteiger partial charge < -0.3 is 10.4 Å². The van der Waals surface area contributed by atoms with Gasteiger partial charge in [-0.05, 0) is 25.1 Å². The second kappa shape index (κ2) is 4.93. The molecule has 0 aliphatic carbocycles. The van der Waals surface area contributed by atoms with Gasteiger partial charge in [-0.1, -0.05) is 11.6 Å². The predicted molar refractivity (Wildman–Crippen MR) is 66.1 cm³/mol. The Labute approximate surface area is 104 Å². The van der Waals surface area contributed by atoms with Gasteiger partial charge in [0.1, 0.15) is 11.0 Å². The fraction of sp³-hybridized carbons (Fsp3) is 0.300. The number of phenolic OH excluding ortho intramolecular Hbond substituents is 1. The molecule has 2 N–H and O–H groups in total. The summed E-state index contributed by atoms with van der Waals surface area (Å²) < 4.78 is 22.3. The molecule has 0 aliphatic rings. The number of aromatic hydroxyl groups is 1. The van der Waals surface area contributed by atoms with Gasteiger partial charge in [-0.2, -0.15) is 0 Å². The molecule has 1 aromatic carbocycles. The number of anilines is 1. The van der Waals surface area contributed by atoms with Crippen LogP contribution in [0.15, 0.2) is 18.2 Å². The molecule has 0 fully saturated rings. The molecule has 1 aromatic rings. The first-order valence-electron chi connectivity index (χ1n) is 4.70. The lowest BCUT2D eigenvalue weighted by molar-refractivity contribution is -0.115. The predicted octanol–water partition coefficient (Wildman–Crippen LogP) is 1.42. The van der Waals surface area contributed by atoms with Crippen LogP contribution in [-0.2, 0) is 14.6 Å². The monoisotopic (exact) mass is 277 g/mol. The summed E-state index contributed by atoms with van der Waals surface area (Å²) in [4.78, 5) is 11.6. The Hall–Kier alpha value is -1.27. The molecule has 1 atom stereocenters. The molecule has 1 rings (SSSR count). The zero-order chi connectivity index (χ0) is 13.2. The summed E-state index contributed by atoms with van der Waals surface area (Å²) in [6, 6.07) is 4.07. The van der Waals surface area contributed by atoms with E-state index in [9.17, 15) is 18.3 Å². The highest BCUT2D eigenvalue weighted by atomic mass is 35.5. The average molecular weight is 278 g/mol. The van der Waals surface area contributed by atoms with Crippen molar-refractivity contribution in [2.24, 2.45) is 0 Å². The lowest BCUT2D eigenvalue weighted by atomic mass is 10.3. The highest BCUT2D eigenvalue weighted by Crippen LogP contribution is 2.26. The third-order valence-electron chi connectivity index (χ3n) is 2.23. The second-order valence-electron chi connectivity index (χ2n) is 3.63. The summed E-state index contributed by atoms with van der Waals surface area (Å²) in [5.41, 5.74) is 0.327. The van der Waals surface area contributed by atoms with Gasteiger partial charge in [0.05, 0.1) is 5.02 Å². The van der Waals surface area contributed by atoms with Crippen molar-refractivity contribution in [3.63, 3.8) is 0 Å². The molecule has 0 heterocycles. The Balaban J connectivity index is 2.85. The van der Waals surface area contributed by atoms with Gasteiger partial charge in [-0.15, -0.1) is 0 Å².